The average molecular weight is 684 g/mol. The Morgan fingerprint density at radius 3 is 2.48 bits per heavy atom. The molecule has 1 amide bonds. The van der Waals surface area contributed by atoms with Crippen molar-refractivity contribution in [2.24, 2.45) is 5.92 Å². The van der Waals surface area contributed by atoms with Crippen LogP contribution in [0.2, 0.25) is 10.0 Å². The third-order valence-electron chi connectivity index (χ3n) is 8.22. The van der Waals surface area contributed by atoms with E-state index in [0.29, 0.717) is 21.2 Å². The number of halogens is 3. The third kappa shape index (κ3) is 6.53. The van der Waals surface area contributed by atoms with Crippen LogP contribution in [0.15, 0.2) is 48.7 Å². The second kappa shape index (κ2) is 12.0. The molecule has 1 saturated carbocycles. The Bertz CT molecular complexity index is 1700. The zero-order valence-electron chi connectivity index (χ0n) is 24.6. The Morgan fingerprint density at radius 2 is 1.91 bits per heavy atom. The second-order valence-electron chi connectivity index (χ2n) is 12.6. The van der Waals surface area contributed by atoms with Crippen LogP contribution in [-0.2, 0) is 25.8 Å². The van der Waals surface area contributed by atoms with E-state index >= 15 is 4.39 Å². The summed E-state index contributed by atoms with van der Waals surface area (Å²) in [6, 6.07) is 9.50. The van der Waals surface area contributed by atoms with Gasteiger partial charge in [-0.15, -0.1) is 11.3 Å². The molecule has 8 nitrogen and oxygen atoms in total. The maximum absolute atomic E-state index is 15.0. The summed E-state index contributed by atoms with van der Waals surface area (Å²) < 4.78 is 48.0. The fraction of sp³-hybridized carbons (Fsp3) is 0.452. The number of amides is 1. The number of carbonyl (C=O) groups is 2. The molecule has 1 saturated heterocycles. The fourth-order valence-corrected chi connectivity index (χ4v) is 8.16. The number of carboxylic acids is 1. The topological polar surface area (TPSA) is 114 Å². The van der Waals surface area contributed by atoms with Crippen molar-refractivity contribution in [3.63, 3.8) is 0 Å². The molecule has 1 aliphatic heterocycles. The van der Waals surface area contributed by atoms with Crippen LogP contribution >= 0.6 is 34.5 Å². The van der Waals surface area contributed by atoms with Gasteiger partial charge in [0.05, 0.1) is 32.8 Å². The molecule has 0 bridgehead atoms. The maximum atomic E-state index is 15.0. The van der Waals surface area contributed by atoms with Gasteiger partial charge in [-0.3, -0.25) is 4.79 Å². The summed E-state index contributed by atoms with van der Waals surface area (Å²) in [7, 11) is -3.71. The number of thiazole rings is 1. The lowest BCUT2D eigenvalue weighted by Crippen LogP contribution is -2.62. The summed E-state index contributed by atoms with van der Waals surface area (Å²) in [5, 5.41) is 10.1. The standard InChI is InChI=1S/C31H33Cl2FN2O6S2/c1-30(2,3)44(40,41)16-23(17-8-9-17)36-26(18-10-11-21(33)22(34)13-18)27(19-6-5-7-20(32)12-19)42-31(4,29(36)39)14-25-35-15-24(43-25)28(37)38/h5-7,10-13,15,17,23,26-27H,8-9,14,16H2,1-4H3,(H,37,38)/t23-,26-,27-,31+/m1/s1. The fourth-order valence-electron chi connectivity index (χ4n) is 5.56. The minimum Gasteiger partial charge on any atom is -0.477 e. The molecule has 44 heavy (non-hydrogen) atoms. The Balaban J connectivity index is 1.71. The number of ether oxygens (including phenoxy) is 1. The van der Waals surface area contributed by atoms with Crippen LogP contribution in [-0.4, -0.2) is 57.4 Å². The Kier molecular flexibility index (Phi) is 8.94. The highest BCUT2D eigenvalue weighted by Crippen LogP contribution is 2.51. The van der Waals surface area contributed by atoms with E-state index in [9.17, 15) is 23.1 Å². The summed E-state index contributed by atoms with van der Waals surface area (Å²) in [6.45, 7) is 6.48. The maximum Gasteiger partial charge on any atom is 0.347 e. The van der Waals surface area contributed by atoms with Crippen LogP contribution in [0, 0.1) is 11.7 Å². The van der Waals surface area contributed by atoms with Gasteiger partial charge >= 0.3 is 5.97 Å². The molecule has 2 aliphatic rings. The molecule has 2 fully saturated rings. The number of hydrogen-bond donors (Lipinski definition) is 1. The number of benzene rings is 2. The number of rotatable bonds is 9. The lowest BCUT2D eigenvalue weighted by molar-refractivity contribution is -0.202. The average Bonchev–Trinajstić information content (AvgIpc) is 3.67. The Hall–Kier alpha value is -2.57. The van der Waals surface area contributed by atoms with Crippen molar-refractivity contribution < 1.29 is 32.2 Å². The van der Waals surface area contributed by atoms with Crippen LogP contribution in [0.25, 0.3) is 0 Å². The number of carboxylic acid groups (broad SMARTS) is 1. The molecule has 1 N–H and O–H groups in total. The van der Waals surface area contributed by atoms with Crippen LogP contribution in [0.5, 0.6) is 0 Å². The van der Waals surface area contributed by atoms with Gasteiger partial charge in [0.1, 0.15) is 16.8 Å². The van der Waals surface area contributed by atoms with Crippen LogP contribution in [0.1, 0.15) is 78.5 Å². The van der Waals surface area contributed by atoms with E-state index in [2.05, 4.69) is 4.98 Å². The summed E-state index contributed by atoms with van der Waals surface area (Å²) in [4.78, 5) is 32.2. The van der Waals surface area contributed by atoms with E-state index in [-0.39, 0.29) is 28.0 Å². The highest BCUT2D eigenvalue weighted by Gasteiger charge is 2.56. The van der Waals surface area contributed by atoms with Gasteiger partial charge in [-0.1, -0.05) is 41.4 Å². The van der Waals surface area contributed by atoms with Crippen LogP contribution in [0.4, 0.5) is 4.39 Å². The van der Waals surface area contributed by atoms with Gasteiger partial charge in [0.25, 0.3) is 5.91 Å². The molecule has 1 aliphatic carbocycles. The third-order valence-corrected chi connectivity index (χ3v) is 12.4. The monoisotopic (exact) mass is 682 g/mol. The van der Waals surface area contributed by atoms with Gasteiger partial charge in [0.2, 0.25) is 0 Å². The number of aromatic carboxylic acids is 1. The van der Waals surface area contributed by atoms with Gasteiger partial charge in [0.15, 0.2) is 15.4 Å². The van der Waals surface area contributed by atoms with Crippen molar-refractivity contribution in [1.29, 1.82) is 0 Å². The molecule has 236 valence electrons. The number of aromatic nitrogens is 1. The van der Waals surface area contributed by atoms with E-state index in [1.807, 2.05) is 0 Å². The number of morpholine rings is 1. The second-order valence-corrected chi connectivity index (χ2v) is 17.3. The predicted molar refractivity (Wildman–Crippen MR) is 168 cm³/mol. The molecule has 0 radical (unpaired) electrons. The highest BCUT2D eigenvalue weighted by atomic mass is 35.5. The molecule has 0 spiro atoms. The van der Waals surface area contributed by atoms with Gasteiger partial charge < -0.3 is 14.7 Å². The molecule has 0 unspecified atom stereocenters. The van der Waals surface area contributed by atoms with Crippen molar-refractivity contribution in [1.82, 2.24) is 9.88 Å². The van der Waals surface area contributed by atoms with Crippen LogP contribution in [0.3, 0.4) is 0 Å². The predicted octanol–water partition coefficient (Wildman–Crippen LogP) is 6.92. The molecule has 3 aromatic rings. The van der Waals surface area contributed by atoms with Gasteiger partial charge in [0, 0.05) is 17.5 Å². The first-order valence-corrected chi connectivity index (χ1v) is 17.3. The quantitative estimate of drug-likeness (QED) is 0.261. The van der Waals surface area contributed by atoms with E-state index in [1.165, 1.54) is 18.3 Å². The summed E-state index contributed by atoms with van der Waals surface area (Å²) in [5.74, 6) is -2.72. The van der Waals surface area contributed by atoms with Crippen molar-refractivity contribution in [2.45, 2.75) is 75.5 Å². The summed E-state index contributed by atoms with van der Waals surface area (Å²) >= 11 is 13.4. The molecule has 13 heteroatoms. The molecule has 2 aromatic carbocycles. The van der Waals surface area contributed by atoms with E-state index in [0.717, 1.165) is 24.2 Å². The first kappa shape index (κ1) is 32.8. The first-order valence-electron chi connectivity index (χ1n) is 14.1. The van der Waals surface area contributed by atoms with Gasteiger partial charge in [-0.2, -0.15) is 0 Å². The minimum atomic E-state index is -3.71. The molecule has 4 atom stereocenters. The smallest absolute Gasteiger partial charge is 0.347 e. The SMILES string of the molecule is CC(C)(C)S(=O)(=O)C[C@H](C1CC1)N1C(=O)[C@](C)(Cc2ncc(C(=O)O)s2)O[C@H](c2cccc(Cl)c2)[C@H]1c1ccc(Cl)c(F)c1. The van der Waals surface area contributed by atoms with Gasteiger partial charge in [-0.05, 0) is 81.8 Å². The molecule has 2 heterocycles. The van der Waals surface area contributed by atoms with Crippen molar-refractivity contribution in [2.75, 3.05) is 5.75 Å². The summed E-state index contributed by atoms with van der Waals surface area (Å²) in [6.07, 6.45) is 1.71. The minimum absolute atomic E-state index is 0.0109. The lowest BCUT2D eigenvalue weighted by atomic mass is 9.85. The lowest BCUT2D eigenvalue weighted by Gasteiger charge is -2.52. The molecular weight excluding hydrogens is 650 g/mol. The van der Waals surface area contributed by atoms with Gasteiger partial charge in [-0.25, -0.2) is 22.6 Å². The first-order chi connectivity index (χ1) is 20.5. The highest BCUT2D eigenvalue weighted by molar-refractivity contribution is 7.92. The van der Waals surface area contributed by atoms with E-state index in [1.54, 1.807) is 62.9 Å². The van der Waals surface area contributed by atoms with Crippen molar-refractivity contribution >= 4 is 56.3 Å². The Morgan fingerprint density at radius 1 is 1.20 bits per heavy atom. The number of sulfone groups is 1. The number of hydrogen-bond acceptors (Lipinski definition) is 7. The molecular formula is C31H33Cl2FN2O6S2. The normalized spacial score (nSPS) is 23.5. The van der Waals surface area contributed by atoms with E-state index < -0.39 is 56.1 Å². The molecule has 1 aromatic heterocycles. The van der Waals surface area contributed by atoms with E-state index in [4.69, 9.17) is 27.9 Å². The van der Waals surface area contributed by atoms with Crippen molar-refractivity contribution in [3.8, 4) is 0 Å². The summed E-state index contributed by atoms with van der Waals surface area (Å²) in [5.41, 5.74) is -0.602. The zero-order valence-corrected chi connectivity index (χ0v) is 27.7. The van der Waals surface area contributed by atoms with Crippen molar-refractivity contribution in [3.05, 3.63) is 85.5 Å². The zero-order chi connectivity index (χ0) is 32.2. The number of carbonyl (C=O) groups excluding carboxylic acids is 1. The number of nitrogens with zero attached hydrogens (tertiary/aromatic N) is 2. The molecule has 5 rings (SSSR count). The largest absolute Gasteiger partial charge is 0.477 e. The van der Waals surface area contributed by atoms with Crippen LogP contribution < -0.4 is 0 Å². The Labute approximate surface area is 270 Å².